The van der Waals surface area contributed by atoms with Gasteiger partial charge in [-0.15, -0.1) is 21.5 Å². The van der Waals surface area contributed by atoms with Crippen LogP contribution in [0.2, 0.25) is 0 Å². The lowest BCUT2D eigenvalue weighted by Gasteiger charge is -2.12. The van der Waals surface area contributed by atoms with Crippen LogP contribution in [0.15, 0.2) is 22.7 Å². The number of carbonyl (C=O) groups excluding carboxylic acids is 1. The van der Waals surface area contributed by atoms with E-state index in [1.807, 2.05) is 24.4 Å². The number of thiophene rings is 1. The van der Waals surface area contributed by atoms with Gasteiger partial charge >= 0.3 is 0 Å². The molecule has 0 saturated heterocycles. The Bertz CT molecular complexity index is 609. The molecule has 2 aromatic rings. The number of nitrogens with one attached hydrogen (secondary N) is 1. The van der Waals surface area contributed by atoms with Gasteiger partial charge in [0.05, 0.1) is 10.1 Å². The maximum Gasteiger partial charge on any atom is 0.233 e. The van der Waals surface area contributed by atoms with Crippen molar-refractivity contribution in [2.75, 3.05) is 12.4 Å². The Hall–Kier alpha value is -1.54. The molecular weight excluding hydrogens is 318 g/mol. The first-order valence-electron chi connectivity index (χ1n) is 7.17. The molecule has 0 saturated carbocycles. The first kappa shape index (κ1) is 16.8. The third-order valence-electron chi connectivity index (χ3n) is 3.08. The van der Waals surface area contributed by atoms with Gasteiger partial charge in [0.15, 0.2) is 5.82 Å². The molecule has 120 valence electrons. The number of aromatic nitrogens is 3. The van der Waals surface area contributed by atoms with Crippen LogP contribution in [0.3, 0.4) is 0 Å². The van der Waals surface area contributed by atoms with Crippen molar-refractivity contribution < 1.29 is 4.79 Å². The average Bonchev–Trinajstić information content (AvgIpc) is 3.09. The third kappa shape index (κ3) is 4.23. The quantitative estimate of drug-likeness (QED) is 0.597. The smallest absolute Gasteiger partial charge is 0.233 e. The van der Waals surface area contributed by atoms with E-state index in [2.05, 4.69) is 29.4 Å². The molecule has 22 heavy (non-hydrogen) atoms. The normalized spacial score (nSPS) is 12.5. The first-order chi connectivity index (χ1) is 10.5. The second-order valence-electron chi connectivity index (χ2n) is 5.39. The lowest BCUT2D eigenvalue weighted by atomic mass is 10.1. The number of nitrogen functional groups attached to an aromatic ring is 1. The molecule has 2 heterocycles. The summed E-state index contributed by atoms with van der Waals surface area (Å²) in [6, 6.07) is 3.88. The second kappa shape index (κ2) is 7.64. The molecule has 6 nitrogen and oxygen atoms in total. The molecule has 0 fully saturated rings. The monoisotopic (exact) mass is 339 g/mol. The Morgan fingerprint density at radius 3 is 2.86 bits per heavy atom. The highest BCUT2D eigenvalue weighted by atomic mass is 32.2. The highest BCUT2D eigenvalue weighted by Gasteiger charge is 2.19. The highest BCUT2D eigenvalue weighted by Crippen LogP contribution is 2.27. The van der Waals surface area contributed by atoms with Crippen LogP contribution in [0.1, 0.15) is 27.2 Å². The SMILES string of the molecule is CC(C)CCNC(=O)C(C)Sc1nnc(-c2cccs2)n1N. The van der Waals surface area contributed by atoms with Crippen LogP contribution in [0.25, 0.3) is 10.7 Å². The first-order valence-corrected chi connectivity index (χ1v) is 8.93. The van der Waals surface area contributed by atoms with E-state index >= 15 is 0 Å². The molecule has 1 unspecified atom stereocenters. The predicted molar refractivity (Wildman–Crippen MR) is 91.3 cm³/mol. The zero-order chi connectivity index (χ0) is 16.1. The van der Waals surface area contributed by atoms with Gasteiger partial charge in [0.2, 0.25) is 11.1 Å². The molecule has 8 heteroatoms. The molecule has 3 N–H and O–H groups in total. The summed E-state index contributed by atoms with van der Waals surface area (Å²) in [5.41, 5.74) is 0. The fourth-order valence-corrected chi connectivity index (χ4v) is 3.27. The lowest BCUT2D eigenvalue weighted by Crippen LogP contribution is -2.32. The highest BCUT2D eigenvalue weighted by molar-refractivity contribution is 8.00. The number of carbonyl (C=O) groups is 1. The van der Waals surface area contributed by atoms with Crippen molar-refractivity contribution in [3.05, 3.63) is 17.5 Å². The average molecular weight is 339 g/mol. The van der Waals surface area contributed by atoms with E-state index < -0.39 is 0 Å². The van der Waals surface area contributed by atoms with Crippen LogP contribution in [0, 0.1) is 5.92 Å². The zero-order valence-electron chi connectivity index (χ0n) is 12.9. The van der Waals surface area contributed by atoms with Crippen molar-refractivity contribution in [3.63, 3.8) is 0 Å². The van der Waals surface area contributed by atoms with Crippen molar-refractivity contribution >= 4 is 29.0 Å². The Kier molecular flexibility index (Phi) is 5.84. The molecular formula is C14H21N5OS2. The fourth-order valence-electron chi connectivity index (χ4n) is 1.77. The van der Waals surface area contributed by atoms with Crippen LogP contribution in [-0.2, 0) is 4.79 Å². The van der Waals surface area contributed by atoms with Crippen LogP contribution >= 0.6 is 23.1 Å². The van der Waals surface area contributed by atoms with E-state index in [1.165, 1.54) is 16.4 Å². The summed E-state index contributed by atoms with van der Waals surface area (Å²) in [7, 11) is 0. The van der Waals surface area contributed by atoms with Gasteiger partial charge in [0.25, 0.3) is 0 Å². The summed E-state index contributed by atoms with van der Waals surface area (Å²) in [5, 5.41) is 13.3. The van der Waals surface area contributed by atoms with E-state index in [0.29, 0.717) is 23.4 Å². The predicted octanol–water partition coefficient (Wildman–Crippen LogP) is 2.36. The van der Waals surface area contributed by atoms with Crippen molar-refractivity contribution in [1.29, 1.82) is 0 Å². The number of nitrogens with zero attached hydrogens (tertiary/aromatic N) is 3. The van der Waals surface area contributed by atoms with Crippen LogP contribution in [0.5, 0.6) is 0 Å². The van der Waals surface area contributed by atoms with Gasteiger partial charge in [-0.1, -0.05) is 31.7 Å². The van der Waals surface area contributed by atoms with Crippen molar-refractivity contribution in [2.45, 2.75) is 37.6 Å². The van der Waals surface area contributed by atoms with Gasteiger partial charge in [-0.2, -0.15) is 0 Å². The molecule has 2 aromatic heterocycles. The summed E-state index contributed by atoms with van der Waals surface area (Å²) in [6.07, 6.45) is 0.971. The molecule has 0 aromatic carbocycles. The minimum Gasteiger partial charge on any atom is -0.355 e. The number of thioether (sulfide) groups is 1. The summed E-state index contributed by atoms with van der Waals surface area (Å²) >= 11 is 2.86. The van der Waals surface area contributed by atoms with E-state index in [1.54, 1.807) is 11.3 Å². The zero-order valence-corrected chi connectivity index (χ0v) is 14.6. The summed E-state index contributed by atoms with van der Waals surface area (Å²) in [6.45, 7) is 6.80. The third-order valence-corrected chi connectivity index (χ3v) is 5.00. The summed E-state index contributed by atoms with van der Waals surface area (Å²) in [5.74, 6) is 7.21. The van der Waals surface area contributed by atoms with Crippen molar-refractivity contribution in [3.8, 4) is 10.7 Å². The second-order valence-corrected chi connectivity index (χ2v) is 7.64. The Morgan fingerprint density at radius 1 is 1.45 bits per heavy atom. The topological polar surface area (TPSA) is 85.8 Å². The summed E-state index contributed by atoms with van der Waals surface area (Å²) in [4.78, 5) is 13.0. The van der Waals surface area contributed by atoms with E-state index in [-0.39, 0.29) is 11.2 Å². The van der Waals surface area contributed by atoms with Crippen LogP contribution in [0.4, 0.5) is 0 Å². The molecule has 2 rings (SSSR count). The maximum absolute atomic E-state index is 12.0. The molecule has 0 radical (unpaired) electrons. The minimum absolute atomic E-state index is 0.00803. The molecule has 0 spiro atoms. The lowest BCUT2D eigenvalue weighted by molar-refractivity contribution is -0.120. The maximum atomic E-state index is 12.0. The van der Waals surface area contributed by atoms with Gasteiger partial charge in [-0.05, 0) is 30.7 Å². The fraction of sp³-hybridized carbons (Fsp3) is 0.500. The van der Waals surface area contributed by atoms with E-state index in [0.717, 1.165) is 11.3 Å². The van der Waals surface area contributed by atoms with Gasteiger partial charge in [0, 0.05) is 6.54 Å². The van der Waals surface area contributed by atoms with E-state index in [9.17, 15) is 4.79 Å². The number of hydrogen-bond acceptors (Lipinski definition) is 6. The van der Waals surface area contributed by atoms with Gasteiger partial charge in [-0.3, -0.25) is 4.79 Å². The minimum atomic E-state index is -0.269. The molecule has 0 aliphatic carbocycles. The van der Waals surface area contributed by atoms with Crippen LogP contribution < -0.4 is 11.2 Å². The van der Waals surface area contributed by atoms with Crippen LogP contribution in [-0.4, -0.2) is 32.6 Å². The van der Waals surface area contributed by atoms with Gasteiger partial charge in [0.1, 0.15) is 0 Å². The molecule has 1 amide bonds. The summed E-state index contributed by atoms with van der Waals surface area (Å²) < 4.78 is 1.44. The molecule has 0 aliphatic rings. The van der Waals surface area contributed by atoms with E-state index in [4.69, 9.17) is 5.84 Å². The molecule has 1 atom stereocenters. The largest absolute Gasteiger partial charge is 0.355 e. The van der Waals surface area contributed by atoms with Gasteiger partial charge in [-0.25, -0.2) is 4.68 Å². The Labute approximate surface area is 138 Å². The molecule has 0 bridgehead atoms. The standard InChI is InChI=1S/C14H21N5OS2/c1-9(2)6-7-16-13(20)10(3)22-14-18-17-12(19(14)15)11-5-4-8-21-11/h4-5,8-10H,6-7,15H2,1-3H3,(H,16,20). The number of nitrogens with two attached hydrogens (primary N) is 1. The van der Waals surface area contributed by atoms with Gasteiger partial charge < -0.3 is 11.2 Å². The van der Waals surface area contributed by atoms with Crippen molar-refractivity contribution in [2.24, 2.45) is 5.92 Å². The number of rotatable bonds is 7. The Morgan fingerprint density at radius 2 is 2.23 bits per heavy atom. The molecule has 0 aliphatic heterocycles. The number of amides is 1. The Balaban J connectivity index is 1.94. The number of hydrogen-bond donors (Lipinski definition) is 2. The van der Waals surface area contributed by atoms with Crippen molar-refractivity contribution in [1.82, 2.24) is 20.2 Å².